The molecule has 13 heavy (non-hydrogen) atoms. The van der Waals surface area contributed by atoms with Crippen LogP contribution in [0, 0.1) is 10.8 Å². The maximum Gasteiger partial charge on any atom is 0.134 e. The first-order valence-corrected chi connectivity index (χ1v) is 5.45. The van der Waals surface area contributed by atoms with Gasteiger partial charge in [0.2, 0.25) is 0 Å². The second-order valence-corrected chi connectivity index (χ2v) is 5.50. The molecule has 0 radical (unpaired) electrons. The third kappa shape index (κ3) is 1.08. The van der Waals surface area contributed by atoms with Gasteiger partial charge in [0.1, 0.15) is 5.78 Å². The molecule has 2 aliphatic carbocycles. The lowest BCUT2D eigenvalue weighted by molar-refractivity contribution is -0.155. The minimum atomic E-state index is 0.504. The molecule has 3 aliphatic rings. The summed E-state index contributed by atoms with van der Waals surface area (Å²) in [4.78, 5) is 11.0. The lowest BCUT2D eigenvalue weighted by Gasteiger charge is -2.61. The normalized spacial score (nSPS) is 34.3. The Morgan fingerprint density at radius 1 is 1.00 bits per heavy atom. The first-order valence-electron chi connectivity index (χ1n) is 5.45. The number of hydrogen-bond acceptors (Lipinski definition) is 2. The number of carbonyl (C=O) groups excluding carboxylic acids is 1. The second kappa shape index (κ2) is 2.35. The van der Waals surface area contributed by atoms with Crippen LogP contribution in [-0.4, -0.2) is 18.9 Å². The molecule has 0 amide bonds. The van der Waals surface area contributed by atoms with E-state index in [0.717, 1.165) is 12.8 Å². The molecule has 0 unspecified atom stereocenters. The SMILES string of the molecule is O=C1CC2(C1)CC1(CCNCC1)C2. The van der Waals surface area contributed by atoms with Crippen LogP contribution in [0.1, 0.15) is 38.5 Å². The summed E-state index contributed by atoms with van der Waals surface area (Å²) in [7, 11) is 0. The van der Waals surface area contributed by atoms with Crippen LogP contribution in [0.25, 0.3) is 0 Å². The van der Waals surface area contributed by atoms with Crippen molar-refractivity contribution >= 4 is 5.78 Å². The van der Waals surface area contributed by atoms with Gasteiger partial charge in [0.25, 0.3) is 0 Å². The van der Waals surface area contributed by atoms with E-state index in [1.807, 2.05) is 0 Å². The number of piperidine rings is 1. The molecule has 2 saturated carbocycles. The van der Waals surface area contributed by atoms with Crippen molar-refractivity contribution < 1.29 is 4.79 Å². The highest BCUT2D eigenvalue weighted by molar-refractivity contribution is 5.86. The summed E-state index contributed by atoms with van der Waals surface area (Å²) in [6.07, 6.45) is 7.22. The van der Waals surface area contributed by atoms with Crippen LogP contribution in [0.4, 0.5) is 0 Å². The molecule has 0 aromatic rings. The molecule has 1 aliphatic heterocycles. The lowest BCUT2D eigenvalue weighted by Crippen LogP contribution is -2.56. The number of rotatable bonds is 0. The Labute approximate surface area is 79.1 Å². The topological polar surface area (TPSA) is 29.1 Å². The van der Waals surface area contributed by atoms with Gasteiger partial charge < -0.3 is 5.32 Å². The van der Waals surface area contributed by atoms with Crippen LogP contribution in [0.5, 0.6) is 0 Å². The Kier molecular flexibility index (Phi) is 1.44. The first-order chi connectivity index (χ1) is 6.22. The van der Waals surface area contributed by atoms with Gasteiger partial charge in [-0.25, -0.2) is 0 Å². The summed E-state index contributed by atoms with van der Waals surface area (Å²) in [5, 5.41) is 3.41. The zero-order valence-corrected chi connectivity index (χ0v) is 8.07. The zero-order chi connectivity index (χ0) is 8.94. The zero-order valence-electron chi connectivity index (χ0n) is 8.07. The molecule has 2 nitrogen and oxygen atoms in total. The van der Waals surface area contributed by atoms with Crippen LogP contribution in [-0.2, 0) is 4.79 Å². The van der Waals surface area contributed by atoms with E-state index in [0.29, 0.717) is 16.6 Å². The Hall–Kier alpha value is -0.370. The van der Waals surface area contributed by atoms with Gasteiger partial charge in [0.15, 0.2) is 0 Å². The molecular formula is C11H17NO. The Morgan fingerprint density at radius 2 is 1.62 bits per heavy atom. The van der Waals surface area contributed by atoms with Crippen LogP contribution in [0.3, 0.4) is 0 Å². The van der Waals surface area contributed by atoms with Gasteiger partial charge in [-0.1, -0.05) is 0 Å². The van der Waals surface area contributed by atoms with Gasteiger partial charge in [0, 0.05) is 12.8 Å². The van der Waals surface area contributed by atoms with Crippen molar-refractivity contribution in [2.45, 2.75) is 38.5 Å². The molecule has 1 N–H and O–H groups in total. The monoisotopic (exact) mass is 179 g/mol. The molecule has 72 valence electrons. The standard InChI is InChI=1S/C11H17NO/c13-9-5-11(6-9)7-10(8-11)1-3-12-4-2-10/h12H,1-8H2. The first kappa shape index (κ1) is 7.98. The van der Waals surface area contributed by atoms with Gasteiger partial charge in [0.05, 0.1) is 0 Å². The molecule has 0 atom stereocenters. The quantitative estimate of drug-likeness (QED) is 0.610. The van der Waals surface area contributed by atoms with Crippen molar-refractivity contribution in [3.63, 3.8) is 0 Å². The Morgan fingerprint density at radius 3 is 2.15 bits per heavy atom. The van der Waals surface area contributed by atoms with Gasteiger partial charge >= 0.3 is 0 Å². The fourth-order valence-electron chi connectivity index (χ4n) is 3.88. The van der Waals surface area contributed by atoms with Crippen LogP contribution in [0.2, 0.25) is 0 Å². The number of Topliss-reactive ketones (excluding diaryl/α,β-unsaturated/α-hetero) is 1. The maximum absolute atomic E-state index is 11.0. The third-order valence-electron chi connectivity index (χ3n) is 4.31. The summed E-state index contributed by atoms with van der Waals surface area (Å²) in [5.74, 6) is 0.504. The second-order valence-electron chi connectivity index (χ2n) is 5.50. The molecule has 3 rings (SSSR count). The molecule has 0 aromatic carbocycles. The average Bonchev–Trinajstić information content (AvgIpc) is 2.01. The van der Waals surface area contributed by atoms with E-state index < -0.39 is 0 Å². The average molecular weight is 179 g/mol. The van der Waals surface area contributed by atoms with Crippen molar-refractivity contribution in [1.82, 2.24) is 5.32 Å². The summed E-state index contributed by atoms with van der Waals surface area (Å²) >= 11 is 0. The molecule has 0 aromatic heterocycles. The fourth-order valence-corrected chi connectivity index (χ4v) is 3.88. The molecule has 1 heterocycles. The number of hydrogen-bond donors (Lipinski definition) is 1. The summed E-state index contributed by atoms with van der Waals surface area (Å²) in [5.41, 5.74) is 1.17. The van der Waals surface area contributed by atoms with Crippen molar-refractivity contribution in [2.75, 3.05) is 13.1 Å². The summed E-state index contributed by atoms with van der Waals surface area (Å²) in [6, 6.07) is 0. The Bertz CT molecular complexity index is 235. The predicted octanol–water partition coefficient (Wildman–Crippen LogP) is 1.50. The number of ketones is 1. The fraction of sp³-hybridized carbons (Fsp3) is 0.909. The molecule has 0 bridgehead atoms. The molecular weight excluding hydrogens is 162 g/mol. The maximum atomic E-state index is 11.0. The minimum absolute atomic E-state index is 0.504. The van der Waals surface area contributed by atoms with E-state index in [9.17, 15) is 4.79 Å². The lowest BCUT2D eigenvalue weighted by atomic mass is 9.43. The van der Waals surface area contributed by atoms with Crippen LogP contribution >= 0.6 is 0 Å². The highest BCUT2D eigenvalue weighted by Gasteiger charge is 2.59. The van der Waals surface area contributed by atoms with E-state index >= 15 is 0 Å². The van der Waals surface area contributed by atoms with E-state index in [1.165, 1.54) is 38.8 Å². The molecule has 2 heteroatoms. The van der Waals surface area contributed by atoms with E-state index in [4.69, 9.17) is 0 Å². The van der Waals surface area contributed by atoms with Gasteiger partial charge in [-0.05, 0) is 49.6 Å². The highest BCUT2D eigenvalue weighted by Crippen LogP contribution is 2.65. The van der Waals surface area contributed by atoms with Crippen LogP contribution in [0.15, 0.2) is 0 Å². The molecule has 2 spiro atoms. The van der Waals surface area contributed by atoms with Crippen molar-refractivity contribution in [2.24, 2.45) is 10.8 Å². The largest absolute Gasteiger partial charge is 0.317 e. The van der Waals surface area contributed by atoms with E-state index in [-0.39, 0.29) is 0 Å². The van der Waals surface area contributed by atoms with Crippen molar-refractivity contribution in [3.8, 4) is 0 Å². The molecule has 1 saturated heterocycles. The molecule has 3 fully saturated rings. The van der Waals surface area contributed by atoms with Gasteiger partial charge in [-0.2, -0.15) is 0 Å². The third-order valence-corrected chi connectivity index (χ3v) is 4.31. The van der Waals surface area contributed by atoms with Gasteiger partial charge in [-0.15, -0.1) is 0 Å². The van der Waals surface area contributed by atoms with E-state index in [1.54, 1.807) is 0 Å². The smallest absolute Gasteiger partial charge is 0.134 e. The predicted molar refractivity (Wildman–Crippen MR) is 50.4 cm³/mol. The van der Waals surface area contributed by atoms with Gasteiger partial charge in [-0.3, -0.25) is 4.79 Å². The number of carbonyl (C=O) groups is 1. The van der Waals surface area contributed by atoms with Crippen LogP contribution < -0.4 is 5.32 Å². The summed E-state index contributed by atoms with van der Waals surface area (Å²) in [6.45, 7) is 2.40. The highest BCUT2D eigenvalue weighted by atomic mass is 16.1. The van der Waals surface area contributed by atoms with Crippen molar-refractivity contribution in [1.29, 1.82) is 0 Å². The van der Waals surface area contributed by atoms with E-state index in [2.05, 4.69) is 5.32 Å². The number of nitrogens with one attached hydrogen (secondary N) is 1. The van der Waals surface area contributed by atoms with Crippen molar-refractivity contribution in [3.05, 3.63) is 0 Å². The summed E-state index contributed by atoms with van der Waals surface area (Å²) < 4.78 is 0. The Balaban J connectivity index is 1.63. The minimum Gasteiger partial charge on any atom is -0.317 e.